The predicted molar refractivity (Wildman–Crippen MR) is 72.5 cm³/mol. The first-order chi connectivity index (χ1) is 8.36. The molecular weight excluding hydrogens is 256 g/mol. The molecule has 0 bridgehead atoms. The van der Waals surface area contributed by atoms with Gasteiger partial charge in [-0.3, -0.25) is 0 Å². The molecule has 1 heterocycles. The molecule has 0 amide bonds. The zero-order valence-electron chi connectivity index (χ0n) is 9.96. The number of thiol groups is 1. The summed E-state index contributed by atoms with van der Waals surface area (Å²) in [4.78, 5) is 8.38. The van der Waals surface area contributed by atoms with Gasteiger partial charge >= 0.3 is 0 Å². The Labute approximate surface area is 112 Å². The highest BCUT2D eigenvalue weighted by Gasteiger charge is 1.98. The van der Waals surface area contributed by atoms with Crippen LogP contribution in [0.3, 0.4) is 0 Å². The van der Waals surface area contributed by atoms with Crippen LogP contribution >= 0.6 is 24.4 Å². The van der Waals surface area contributed by atoms with Crippen LogP contribution in [0.1, 0.15) is 18.9 Å². The van der Waals surface area contributed by atoms with E-state index >= 15 is 0 Å². The normalized spacial score (nSPS) is 10.7. The number of ether oxygens (including phenoxy) is 2. The third kappa shape index (κ3) is 6.88. The topological polar surface area (TPSA) is 44.2 Å². The van der Waals surface area contributed by atoms with Gasteiger partial charge in [-0.05, 0) is 6.42 Å². The number of hydrogen-bond acceptors (Lipinski definition) is 6. The monoisotopic (exact) mass is 274 g/mol. The van der Waals surface area contributed by atoms with E-state index in [9.17, 15) is 0 Å². The smallest absolute Gasteiger partial charge is 0.188 e. The van der Waals surface area contributed by atoms with Gasteiger partial charge in [-0.1, -0.05) is 18.7 Å². The Balaban J connectivity index is 2.14. The van der Waals surface area contributed by atoms with Crippen molar-refractivity contribution in [1.29, 1.82) is 0 Å². The summed E-state index contributed by atoms with van der Waals surface area (Å²) in [6, 6.07) is 0. The largest absolute Gasteiger partial charge is 0.379 e. The molecule has 0 saturated heterocycles. The summed E-state index contributed by atoms with van der Waals surface area (Å²) in [5.74, 6) is 0. The van der Waals surface area contributed by atoms with Gasteiger partial charge in [0.25, 0.3) is 0 Å². The van der Waals surface area contributed by atoms with Crippen LogP contribution in [0.5, 0.6) is 0 Å². The molecule has 1 aromatic heterocycles. The lowest BCUT2D eigenvalue weighted by atomic mass is 10.4. The highest BCUT2D eigenvalue weighted by Crippen LogP contribution is 2.12. The van der Waals surface area contributed by atoms with Gasteiger partial charge in [0.2, 0.25) is 0 Å². The van der Waals surface area contributed by atoms with E-state index in [1.807, 2.05) is 0 Å². The van der Waals surface area contributed by atoms with E-state index in [1.54, 1.807) is 12.4 Å². The Bertz CT molecular complexity index is 296. The predicted octanol–water partition coefficient (Wildman–Crippen LogP) is 2.40. The minimum atomic E-state index is 0.529. The quantitative estimate of drug-likeness (QED) is 0.246. The lowest BCUT2D eigenvalue weighted by Gasteiger charge is -2.05. The van der Waals surface area contributed by atoms with Gasteiger partial charge in [0.1, 0.15) is 0 Å². The first kappa shape index (κ1) is 14.8. The Kier molecular flexibility index (Phi) is 8.42. The van der Waals surface area contributed by atoms with E-state index in [1.165, 1.54) is 11.8 Å². The van der Waals surface area contributed by atoms with Crippen molar-refractivity contribution in [3.8, 4) is 0 Å². The number of rotatable bonds is 9. The van der Waals surface area contributed by atoms with Crippen LogP contribution in [-0.4, -0.2) is 34.9 Å². The average Bonchev–Trinajstić information content (AvgIpc) is 2.36. The second-order valence-electron chi connectivity index (χ2n) is 3.31. The highest BCUT2D eigenvalue weighted by atomic mass is 32.2. The molecule has 0 aromatic carbocycles. The Morgan fingerprint density at radius 3 is 2.53 bits per heavy atom. The molecule has 0 spiro atoms. The molecule has 4 nitrogen and oxygen atoms in total. The number of hydrogen-bond donors (Lipinski definition) is 1. The van der Waals surface area contributed by atoms with Crippen LogP contribution in [0, 0.1) is 0 Å². The number of nitrogens with zero attached hydrogens (tertiary/aromatic N) is 2. The summed E-state index contributed by atoms with van der Waals surface area (Å²) in [7, 11) is 0. The minimum absolute atomic E-state index is 0.529. The second kappa shape index (κ2) is 9.70. The molecule has 17 heavy (non-hydrogen) atoms. The highest BCUT2D eigenvalue weighted by molar-refractivity contribution is 8.09. The summed E-state index contributed by atoms with van der Waals surface area (Å²) < 4.78 is 10.7. The van der Waals surface area contributed by atoms with Crippen LogP contribution in [0.2, 0.25) is 0 Å². The molecule has 0 unspecified atom stereocenters. The lowest BCUT2D eigenvalue weighted by Crippen LogP contribution is -2.05. The molecule has 0 aliphatic carbocycles. The van der Waals surface area contributed by atoms with Crippen molar-refractivity contribution in [3.05, 3.63) is 18.0 Å². The fourth-order valence-electron chi connectivity index (χ4n) is 1.10. The maximum absolute atomic E-state index is 5.44. The maximum Gasteiger partial charge on any atom is 0.188 e. The fraction of sp³-hybridized carbons (Fsp3) is 0.636. The Morgan fingerprint density at radius 1 is 1.18 bits per heavy atom. The van der Waals surface area contributed by atoms with Crippen molar-refractivity contribution in [2.24, 2.45) is 0 Å². The van der Waals surface area contributed by atoms with Crippen molar-refractivity contribution >= 4 is 24.4 Å². The Hall–Kier alpha value is -0.300. The van der Waals surface area contributed by atoms with Gasteiger partial charge in [0, 0.05) is 29.6 Å². The van der Waals surface area contributed by atoms with Crippen molar-refractivity contribution in [3.63, 3.8) is 0 Å². The summed E-state index contributed by atoms with van der Waals surface area (Å²) in [5, 5.41) is 1.43. The van der Waals surface area contributed by atoms with Crippen molar-refractivity contribution in [2.75, 3.05) is 24.9 Å². The van der Waals surface area contributed by atoms with E-state index in [0.29, 0.717) is 24.9 Å². The van der Waals surface area contributed by atoms with Crippen molar-refractivity contribution < 1.29 is 9.47 Å². The van der Waals surface area contributed by atoms with Crippen LogP contribution in [0.15, 0.2) is 17.6 Å². The number of aromatic nitrogens is 2. The molecular formula is C11H18N2O2S2. The van der Waals surface area contributed by atoms with Gasteiger partial charge in [-0.2, -0.15) is 12.6 Å². The van der Waals surface area contributed by atoms with E-state index in [4.69, 9.17) is 9.47 Å². The molecule has 0 fully saturated rings. The lowest BCUT2D eigenvalue weighted by molar-refractivity contribution is 0.0406. The summed E-state index contributed by atoms with van der Waals surface area (Å²) in [5.41, 5.74) is 0.976. The van der Waals surface area contributed by atoms with E-state index < -0.39 is 0 Å². The zero-order chi connectivity index (χ0) is 12.3. The molecule has 0 N–H and O–H groups in total. The summed E-state index contributed by atoms with van der Waals surface area (Å²) >= 11 is 5.60. The molecule has 96 valence electrons. The molecule has 0 aliphatic rings. The fourth-order valence-corrected chi connectivity index (χ4v) is 1.82. The Morgan fingerprint density at radius 2 is 1.88 bits per heavy atom. The minimum Gasteiger partial charge on any atom is -0.379 e. The average molecular weight is 274 g/mol. The maximum atomic E-state index is 5.44. The molecule has 1 aromatic rings. The van der Waals surface area contributed by atoms with E-state index in [2.05, 4.69) is 29.5 Å². The molecule has 6 heteroatoms. The van der Waals surface area contributed by atoms with Crippen LogP contribution < -0.4 is 0 Å². The molecule has 0 saturated carbocycles. The van der Waals surface area contributed by atoms with Gasteiger partial charge in [0.05, 0.1) is 19.8 Å². The first-order valence-corrected chi connectivity index (χ1v) is 7.18. The van der Waals surface area contributed by atoms with Gasteiger partial charge < -0.3 is 9.47 Å². The molecule has 0 aliphatic heterocycles. The molecule has 0 radical (unpaired) electrons. The first-order valence-electron chi connectivity index (χ1n) is 5.57. The third-order valence-electron chi connectivity index (χ3n) is 1.86. The van der Waals surface area contributed by atoms with Gasteiger partial charge in [-0.25, -0.2) is 9.97 Å². The standard InChI is InChI=1S/C11H18N2O2S2/c1-2-3-14-4-5-15-8-10-6-12-11(13-7-10)17-9-16/h6-7,16H,2-5,8-9H2,1H3. The SMILES string of the molecule is CCCOCCOCc1cnc(SCS)nc1. The van der Waals surface area contributed by atoms with Gasteiger partial charge in [0.15, 0.2) is 5.16 Å². The van der Waals surface area contributed by atoms with Gasteiger partial charge in [-0.15, -0.1) is 0 Å². The summed E-state index contributed by atoms with van der Waals surface area (Å²) in [6.45, 7) is 4.65. The van der Waals surface area contributed by atoms with Crippen LogP contribution in [0.4, 0.5) is 0 Å². The van der Waals surface area contributed by atoms with E-state index in [0.717, 1.165) is 23.7 Å². The van der Waals surface area contributed by atoms with Crippen LogP contribution in [-0.2, 0) is 16.1 Å². The molecule has 0 atom stereocenters. The van der Waals surface area contributed by atoms with Crippen molar-refractivity contribution in [1.82, 2.24) is 9.97 Å². The third-order valence-corrected chi connectivity index (χ3v) is 2.85. The van der Waals surface area contributed by atoms with Crippen LogP contribution in [0.25, 0.3) is 0 Å². The second-order valence-corrected chi connectivity index (χ2v) is 5.00. The van der Waals surface area contributed by atoms with E-state index in [-0.39, 0.29) is 0 Å². The van der Waals surface area contributed by atoms with Crippen molar-refractivity contribution in [2.45, 2.75) is 25.1 Å². The zero-order valence-corrected chi connectivity index (χ0v) is 11.7. The molecule has 1 rings (SSSR count). The summed E-state index contributed by atoms with van der Waals surface area (Å²) in [6.07, 6.45) is 4.61. The number of thioether (sulfide) groups is 1.